The lowest BCUT2D eigenvalue weighted by atomic mass is 10.1. The Hall–Kier alpha value is -4.26. The van der Waals surface area contributed by atoms with Crippen molar-refractivity contribution in [2.24, 2.45) is 0 Å². The summed E-state index contributed by atoms with van der Waals surface area (Å²) in [6.07, 6.45) is 4.43. The van der Waals surface area contributed by atoms with E-state index in [4.69, 9.17) is 9.47 Å². The summed E-state index contributed by atoms with van der Waals surface area (Å²) < 4.78 is 10.8. The Morgan fingerprint density at radius 1 is 0.872 bits per heavy atom. The van der Waals surface area contributed by atoms with Gasteiger partial charge in [0.05, 0.1) is 19.8 Å². The van der Waals surface area contributed by atoms with E-state index in [9.17, 15) is 9.59 Å². The lowest BCUT2D eigenvalue weighted by Gasteiger charge is -2.28. The summed E-state index contributed by atoms with van der Waals surface area (Å²) in [4.78, 5) is 34.3. The molecule has 0 spiro atoms. The third-order valence-corrected chi connectivity index (χ3v) is 6.93. The molecule has 0 aliphatic rings. The number of carbonyl (C=O) groups is 2. The van der Waals surface area contributed by atoms with Crippen LogP contribution in [0.4, 0.5) is 0 Å². The number of amides is 2. The number of unbranched alkanes of at least 4 members (excludes halogenated alkanes) is 1. The number of para-hydroxylation sites is 1. The van der Waals surface area contributed by atoms with Crippen molar-refractivity contribution in [2.75, 3.05) is 33.9 Å². The number of aromatic nitrogens is 1. The number of hydrogen-bond donors (Lipinski definition) is 1. The highest BCUT2D eigenvalue weighted by Crippen LogP contribution is 2.26. The second-order valence-electron chi connectivity index (χ2n) is 9.56. The van der Waals surface area contributed by atoms with Crippen LogP contribution in [0.2, 0.25) is 0 Å². The minimum absolute atomic E-state index is 0.00522. The van der Waals surface area contributed by atoms with Gasteiger partial charge in [-0.2, -0.15) is 0 Å². The molecule has 1 heterocycles. The molecule has 0 fully saturated rings. The molecule has 4 rings (SSSR count). The Labute approximate surface area is 230 Å². The number of nitrogens with zero attached hydrogens (tertiary/aromatic N) is 2. The van der Waals surface area contributed by atoms with Gasteiger partial charge < -0.3 is 24.3 Å². The smallest absolute Gasteiger partial charge is 0.258 e. The lowest BCUT2D eigenvalue weighted by molar-refractivity contribution is -0.132. The third-order valence-electron chi connectivity index (χ3n) is 6.93. The lowest BCUT2D eigenvalue weighted by Crippen LogP contribution is -2.43. The Morgan fingerprint density at radius 2 is 1.64 bits per heavy atom. The summed E-state index contributed by atoms with van der Waals surface area (Å²) >= 11 is 0. The predicted molar refractivity (Wildman–Crippen MR) is 154 cm³/mol. The first kappa shape index (κ1) is 27.8. The largest absolute Gasteiger partial charge is 0.497 e. The van der Waals surface area contributed by atoms with Crippen LogP contribution in [0.15, 0.2) is 79.0 Å². The molecule has 204 valence electrons. The first-order chi connectivity index (χ1) is 19.0. The minimum atomic E-state index is -0.229. The molecule has 0 aliphatic carbocycles. The van der Waals surface area contributed by atoms with E-state index in [0.29, 0.717) is 43.1 Å². The first-order valence-electron chi connectivity index (χ1n) is 13.4. The molecule has 39 heavy (non-hydrogen) atoms. The van der Waals surface area contributed by atoms with Crippen molar-refractivity contribution in [3.8, 4) is 11.5 Å². The fraction of sp³-hybridized carbons (Fsp3) is 0.312. The molecule has 7 heteroatoms. The van der Waals surface area contributed by atoms with Gasteiger partial charge in [-0.1, -0.05) is 61.9 Å². The number of methoxy groups -OCH3 is 2. The molecule has 0 saturated heterocycles. The van der Waals surface area contributed by atoms with Gasteiger partial charge in [0.2, 0.25) is 5.91 Å². The second kappa shape index (κ2) is 13.5. The highest BCUT2D eigenvalue weighted by atomic mass is 16.5. The molecule has 7 nitrogen and oxygen atoms in total. The Kier molecular flexibility index (Phi) is 9.62. The molecule has 0 aliphatic heterocycles. The summed E-state index contributed by atoms with van der Waals surface area (Å²) in [5.74, 6) is 0.711. The topological polar surface area (TPSA) is 74.9 Å². The van der Waals surface area contributed by atoms with Crippen LogP contribution in [-0.2, 0) is 17.8 Å². The van der Waals surface area contributed by atoms with Crippen molar-refractivity contribution >= 4 is 22.7 Å². The Morgan fingerprint density at radius 3 is 2.38 bits per heavy atom. The molecular formula is C32H37N3O4. The van der Waals surface area contributed by atoms with Crippen molar-refractivity contribution in [3.05, 3.63) is 95.7 Å². The van der Waals surface area contributed by atoms with Crippen molar-refractivity contribution in [1.29, 1.82) is 0 Å². The number of ether oxygens (including phenoxy) is 2. The second-order valence-corrected chi connectivity index (χ2v) is 9.56. The van der Waals surface area contributed by atoms with Crippen LogP contribution in [-0.4, -0.2) is 60.5 Å². The quantitative estimate of drug-likeness (QED) is 0.242. The molecule has 2 amide bonds. The van der Waals surface area contributed by atoms with E-state index in [2.05, 4.69) is 24.0 Å². The number of rotatable bonds is 13. The van der Waals surface area contributed by atoms with Crippen LogP contribution in [0.3, 0.4) is 0 Å². The molecule has 0 saturated carbocycles. The predicted octanol–water partition coefficient (Wildman–Crippen LogP) is 5.70. The molecule has 0 bridgehead atoms. The van der Waals surface area contributed by atoms with Crippen molar-refractivity contribution in [2.45, 2.75) is 32.7 Å². The van der Waals surface area contributed by atoms with Crippen LogP contribution < -0.4 is 9.47 Å². The maximum atomic E-state index is 13.8. The zero-order chi connectivity index (χ0) is 27.6. The summed E-state index contributed by atoms with van der Waals surface area (Å²) in [5, 5.41) is 1.16. The van der Waals surface area contributed by atoms with Crippen LogP contribution in [0.5, 0.6) is 11.5 Å². The monoisotopic (exact) mass is 527 g/mol. The summed E-state index contributed by atoms with van der Waals surface area (Å²) in [6, 6.07) is 23.3. The number of nitrogens with one attached hydrogen (secondary N) is 1. The summed E-state index contributed by atoms with van der Waals surface area (Å²) in [7, 11) is 3.10. The summed E-state index contributed by atoms with van der Waals surface area (Å²) in [5.41, 5.74) is 3.71. The zero-order valence-corrected chi connectivity index (χ0v) is 23.0. The van der Waals surface area contributed by atoms with Gasteiger partial charge in [0.1, 0.15) is 18.0 Å². The average Bonchev–Trinajstić information content (AvgIpc) is 3.40. The molecule has 1 N–H and O–H groups in total. The van der Waals surface area contributed by atoms with Crippen LogP contribution in [0.25, 0.3) is 10.9 Å². The number of benzene rings is 3. The Balaban J connectivity index is 1.56. The molecule has 0 unspecified atom stereocenters. The molecule has 1 aromatic heterocycles. The van der Waals surface area contributed by atoms with Gasteiger partial charge in [-0.05, 0) is 42.2 Å². The number of aromatic amines is 1. The number of carbonyl (C=O) groups excluding carboxylic acids is 2. The van der Waals surface area contributed by atoms with Crippen LogP contribution in [0, 0.1) is 0 Å². The zero-order valence-electron chi connectivity index (χ0n) is 23.0. The molecular weight excluding hydrogens is 490 g/mol. The number of hydrogen-bond acceptors (Lipinski definition) is 4. The van der Waals surface area contributed by atoms with Crippen LogP contribution in [0.1, 0.15) is 41.3 Å². The van der Waals surface area contributed by atoms with E-state index < -0.39 is 0 Å². The van der Waals surface area contributed by atoms with Gasteiger partial charge in [0.25, 0.3) is 5.91 Å². The fourth-order valence-corrected chi connectivity index (χ4v) is 4.70. The number of H-pyrrole nitrogens is 1. The fourth-order valence-electron chi connectivity index (χ4n) is 4.70. The van der Waals surface area contributed by atoms with E-state index in [1.807, 2.05) is 53.6 Å². The van der Waals surface area contributed by atoms with Gasteiger partial charge >= 0.3 is 0 Å². The maximum Gasteiger partial charge on any atom is 0.258 e. The highest BCUT2D eigenvalue weighted by Gasteiger charge is 2.25. The first-order valence-corrected chi connectivity index (χ1v) is 13.4. The SMILES string of the molecule is CCCCN(CC(=O)N(CCc1c[nH]c2ccccc12)Cc1ccccc1)C(=O)c1ccc(OC)cc1OC. The normalized spacial score (nSPS) is 10.8. The van der Waals surface area contributed by atoms with Gasteiger partial charge in [0, 0.05) is 42.8 Å². The van der Waals surface area contributed by atoms with Crippen molar-refractivity contribution in [3.63, 3.8) is 0 Å². The molecule has 0 radical (unpaired) electrons. The molecule has 4 aromatic rings. The van der Waals surface area contributed by atoms with E-state index in [-0.39, 0.29) is 18.4 Å². The minimum Gasteiger partial charge on any atom is -0.497 e. The van der Waals surface area contributed by atoms with E-state index in [1.165, 1.54) is 12.7 Å². The van der Waals surface area contributed by atoms with Gasteiger partial charge in [-0.3, -0.25) is 9.59 Å². The van der Waals surface area contributed by atoms with Crippen molar-refractivity contribution < 1.29 is 19.1 Å². The maximum absolute atomic E-state index is 13.8. The van der Waals surface area contributed by atoms with Crippen LogP contribution >= 0.6 is 0 Å². The third kappa shape index (κ3) is 6.99. The number of fused-ring (bicyclic) bond motifs is 1. The van der Waals surface area contributed by atoms with E-state index in [0.717, 1.165) is 29.3 Å². The summed E-state index contributed by atoms with van der Waals surface area (Å²) in [6.45, 7) is 3.56. The van der Waals surface area contributed by atoms with E-state index in [1.54, 1.807) is 30.2 Å². The van der Waals surface area contributed by atoms with E-state index >= 15 is 0 Å². The average molecular weight is 528 g/mol. The van der Waals surface area contributed by atoms with Gasteiger partial charge in [-0.25, -0.2) is 0 Å². The molecule has 0 atom stereocenters. The van der Waals surface area contributed by atoms with Gasteiger partial charge in [-0.15, -0.1) is 0 Å². The van der Waals surface area contributed by atoms with Gasteiger partial charge in [0.15, 0.2) is 0 Å². The standard InChI is InChI=1S/C32H37N3O4/c1-4-5-18-35(32(37)28-16-15-26(38-2)20-30(28)39-3)23-31(36)34(22-24-11-7-6-8-12-24)19-17-25-21-33-29-14-10-9-13-27(25)29/h6-16,20-21,33H,4-5,17-19,22-23H2,1-3H3. The van der Waals surface area contributed by atoms with Crippen molar-refractivity contribution in [1.82, 2.24) is 14.8 Å². The molecule has 3 aromatic carbocycles. The Bertz CT molecular complexity index is 1380. The highest BCUT2D eigenvalue weighted by molar-refractivity contribution is 5.99.